The van der Waals surface area contributed by atoms with E-state index < -0.39 is 0 Å². The average Bonchev–Trinajstić information content (AvgIpc) is 3.56. The first-order valence-electron chi connectivity index (χ1n) is 11.0. The minimum atomic E-state index is -0.346. The smallest absolute Gasteiger partial charge is 0.274 e. The fourth-order valence-electron chi connectivity index (χ4n) is 3.95. The molecule has 1 fully saturated rings. The van der Waals surface area contributed by atoms with Gasteiger partial charge in [-0.3, -0.25) is 4.79 Å². The molecule has 1 N–H and O–H groups in total. The number of furan rings is 1. The third-order valence-electron chi connectivity index (χ3n) is 5.63. The number of carbonyl (C=O) groups excluding carboxylic acids is 1. The van der Waals surface area contributed by atoms with E-state index in [4.69, 9.17) is 4.42 Å². The molecule has 1 aliphatic rings. The van der Waals surface area contributed by atoms with Gasteiger partial charge in [-0.25, -0.2) is 0 Å². The van der Waals surface area contributed by atoms with Crippen LogP contribution in [0.2, 0.25) is 0 Å². The summed E-state index contributed by atoms with van der Waals surface area (Å²) in [6.07, 6.45) is 6.90. The van der Waals surface area contributed by atoms with E-state index in [2.05, 4.69) is 25.7 Å². The Balaban J connectivity index is 1.42. The molecule has 166 valence electrons. The van der Waals surface area contributed by atoms with E-state index in [0.717, 1.165) is 18.7 Å². The van der Waals surface area contributed by atoms with Crippen LogP contribution in [0.15, 0.2) is 77.4 Å². The molecule has 0 bridgehead atoms. The fraction of sp³-hybridized carbons (Fsp3) is 0.200. The molecule has 1 amide bonds. The summed E-state index contributed by atoms with van der Waals surface area (Å²) in [6, 6.07) is 21.0. The first-order valence-corrected chi connectivity index (χ1v) is 11.0. The number of hydrogen-bond donors (Lipinski definition) is 1. The van der Waals surface area contributed by atoms with Gasteiger partial charge in [-0.15, -0.1) is 5.10 Å². The lowest BCUT2D eigenvalue weighted by molar-refractivity contribution is -0.111. The quantitative estimate of drug-likeness (QED) is 0.442. The Hall–Kier alpha value is -4.20. The summed E-state index contributed by atoms with van der Waals surface area (Å²) in [6.45, 7) is 2.15. The average molecular weight is 441 g/mol. The molecule has 4 aromatic rings. The van der Waals surface area contributed by atoms with Crippen LogP contribution in [0.3, 0.4) is 0 Å². The van der Waals surface area contributed by atoms with Gasteiger partial charge in [0.2, 0.25) is 0 Å². The van der Waals surface area contributed by atoms with Crippen molar-refractivity contribution in [2.24, 2.45) is 0 Å². The van der Waals surface area contributed by atoms with Crippen LogP contribution in [0.5, 0.6) is 0 Å². The summed E-state index contributed by atoms with van der Waals surface area (Å²) >= 11 is 0. The Labute approximate surface area is 191 Å². The third kappa shape index (κ3) is 4.69. The summed E-state index contributed by atoms with van der Waals surface area (Å²) in [5.74, 6) is 0.640. The number of hydrogen-bond acceptors (Lipinski definition) is 6. The van der Waals surface area contributed by atoms with Crippen molar-refractivity contribution < 1.29 is 9.21 Å². The number of rotatable bonds is 6. The van der Waals surface area contributed by atoms with Crippen molar-refractivity contribution in [1.29, 1.82) is 0 Å². The van der Waals surface area contributed by atoms with E-state index in [1.807, 2.05) is 54.6 Å². The maximum absolute atomic E-state index is 13.4. The number of tetrazole rings is 1. The number of benzene rings is 2. The summed E-state index contributed by atoms with van der Waals surface area (Å²) in [7, 11) is 0. The van der Waals surface area contributed by atoms with E-state index in [-0.39, 0.29) is 11.6 Å². The molecule has 0 aliphatic carbocycles. The van der Waals surface area contributed by atoms with E-state index in [1.165, 1.54) is 29.6 Å². The minimum absolute atomic E-state index is 0.244. The van der Waals surface area contributed by atoms with Crippen LogP contribution in [0.1, 0.15) is 25.0 Å². The van der Waals surface area contributed by atoms with E-state index >= 15 is 0 Å². The minimum Gasteiger partial charge on any atom is -0.465 e. The number of nitrogens with zero attached hydrogens (tertiary/aromatic N) is 5. The van der Waals surface area contributed by atoms with Crippen LogP contribution in [0.25, 0.3) is 23.2 Å². The van der Waals surface area contributed by atoms with Gasteiger partial charge in [-0.2, -0.15) is 4.68 Å². The predicted octanol–water partition coefficient (Wildman–Crippen LogP) is 4.56. The molecule has 3 heterocycles. The lowest BCUT2D eigenvalue weighted by Crippen LogP contribution is -2.29. The predicted molar refractivity (Wildman–Crippen MR) is 127 cm³/mol. The van der Waals surface area contributed by atoms with Crippen molar-refractivity contribution in [3.05, 3.63) is 78.8 Å². The zero-order valence-electron chi connectivity index (χ0n) is 18.1. The Morgan fingerprint density at radius 2 is 1.73 bits per heavy atom. The van der Waals surface area contributed by atoms with Crippen molar-refractivity contribution in [3.8, 4) is 11.4 Å². The molecule has 0 radical (unpaired) electrons. The zero-order valence-corrected chi connectivity index (χ0v) is 18.1. The summed E-state index contributed by atoms with van der Waals surface area (Å²) in [5, 5.41) is 15.0. The summed E-state index contributed by atoms with van der Waals surface area (Å²) in [4.78, 5) is 15.7. The van der Waals surface area contributed by atoms with Gasteiger partial charge in [0.05, 0.1) is 6.26 Å². The topological polar surface area (TPSA) is 89.1 Å². The Bertz CT molecular complexity index is 1220. The largest absolute Gasteiger partial charge is 0.465 e. The van der Waals surface area contributed by atoms with Gasteiger partial charge < -0.3 is 14.6 Å². The molecule has 5 rings (SSSR count). The molecule has 1 aliphatic heterocycles. The van der Waals surface area contributed by atoms with Gasteiger partial charge in [0.15, 0.2) is 5.82 Å². The number of anilines is 2. The summed E-state index contributed by atoms with van der Waals surface area (Å²) < 4.78 is 6.87. The molecule has 1 saturated heterocycles. The molecular formula is C25H24N6O2. The number of aromatic nitrogens is 4. The SMILES string of the molecule is O=C(Nc1ccc(N2CCCCC2)cc1)/C(=C/c1ccco1)n1nnnc1-c1ccccc1. The van der Waals surface area contributed by atoms with Gasteiger partial charge in [0, 0.05) is 36.1 Å². The van der Waals surface area contributed by atoms with Crippen LogP contribution < -0.4 is 10.2 Å². The van der Waals surface area contributed by atoms with Crippen molar-refractivity contribution in [1.82, 2.24) is 20.2 Å². The van der Waals surface area contributed by atoms with Crippen LogP contribution in [-0.2, 0) is 4.79 Å². The van der Waals surface area contributed by atoms with Crippen molar-refractivity contribution in [3.63, 3.8) is 0 Å². The van der Waals surface area contributed by atoms with Crippen LogP contribution >= 0.6 is 0 Å². The van der Waals surface area contributed by atoms with Gasteiger partial charge in [0.25, 0.3) is 5.91 Å². The monoisotopic (exact) mass is 440 g/mol. The summed E-state index contributed by atoms with van der Waals surface area (Å²) in [5.41, 5.74) is 2.91. The molecule has 8 heteroatoms. The highest BCUT2D eigenvalue weighted by Crippen LogP contribution is 2.24. The molecule has 2 aromatic heterocycles. The van der Waals surface area contributed by atoms with Crippen molar-refractivity contribution >= 4 is 29.1 Å². The molecule has 0 saturated carbocycles. The second kappa shape index (κ2) is 9.52. The van der Waals surface area contributed by atoms with Gasteiger partial charge in [-0.05, 0) is 66.1 Å². The number of nitrogens with one attached hydrogen (secondary N) is 1. The number of carbonyl (C=O) groups is 1. The Morgan fingerprint density at radius 1 is 0.939 bits per heavy atom. The first-order chi connectivity index (χ1) is 16.3. The van der Waals surface area contributed by atoms with Crippen molar-refractivity contribution in [2.75, 3.05) is 23.3 Å². The molecule has 0 unspecified atom stereocenters. The molecule has 8 nitrogen and oxygen atoms in total. The highest BCUT2D eigenvalue weighted by Gasteiger charge is 2.20. The Morgan fingerprint density at radius 3 is 2.45 bits per heavy atom. The van der Waals surface area contributed by atoms with E-state index in [9.17, 15) is 4.79 Å². The fourth-order valence-corrected chi connectivity index (χ4v) is 3.95. The molecule has 2 aromatic carbocycles. The normalized spacial score (nSPS) is 14.3. The first kappa shape index (κ1) is 20.7. The van der Waals surface area contributed by atoms with E-state index in [1.54, 1.807) is 24.5 Å². The molecule has 33 heavy (non-hydrogen) atoms. The lowest BCUT2D eigenvalue weighted by atomic mass is 10.1. The van der Waals surface area contributed by atoms with Crippen molar-refractivity contribution in [2.45, 2.75) is 19.3 Å². The second-order valence-electron chi connectivity index (χ2n) is 7.87. The third-order valence-corrected chi connectivity index (χ3v) is 5.63. The number of piperidine rings is 1. The maximum atomic E-state index is 13.4. The van der Waals surface area contributed by atoms with Gasteiger partial charge >= 0.3 is 0 Å². The van der Waals surface area contributed by atoms with E-state index in [0.29, 0.717) is 17.3 Å². The van der Waals surface area contributed by atoms with Crippen LogP contribution in [-0.4, -0.2) is 39.2 Å². The Kier molecular flexibility index (Phi) is 5.97. The molecule has 0 atom stereocenters. The van der Waals surface area contributed by atoms with Crippen LogP contribution in [0.4, 0.5) is 11.4 Å². The van der Waals surface area contributed by atoms with Gasteiger partial charge in [0.1, 0.15) is 11.5 Å². The highest BCUT2D eigenvalue weighted by molar-refractivity contribution is 6.24. The standard InChI is InChI=1S/C25H24N6O2/c32-25(26-20-11-13-21(14-12-20)30-15-5-2-6-16-30)23(18-22-10-7-17-33-22)31-24(27-28-29-31)19-8-3-1-4-9-19/h1,3-4,7-14,17-18H,2,5-6,15-16H2,(H,26,32)/b23-18-. The molecular weight excluding hydrogens is 416 g/mol. The van der Waals surface area contributed by atoms with Crippen LogP contribution in [0, 0.1) is 0 Å². The zero-order chi connectivity index (χ0) is 22.5. The number of amides is 1. The second-order valence-corrected chi connectivity index (χ2v) is 7.87. The highest BCUT2D eigenvalue weighted by atomic mass is 16.3. The maximum Gasteiger partial charge on any atom is 0.274 e. The lowest BCUT2D eigenvalue weighted by Gasteiger charge is -2.28. The molecule has 0 spiro atoms. The van der Waals surface area contributed by atoms with Gasteiger partial charge in [-0.1, -0.05) is 30.3 Å².